The van der Waals surface area contributed by atoms with Gasteiger partial charge in [-0.25, -0.2) is 4.39 Å². The van der Waals surface area contributed by atoms with Crippen LogP contribution in [-0.2, 0) is 0 Å². The molecule has 3 unspecified atom stereocenters. The average molecular weight is 336 g/mol. The fourth-order valence-corrected chi connectivity index (χ4v) is 4.70. The van der Waals surface area contributed by atoms with Crippen LogP contribution >= 0.6 is 35.0 Å². The molecule has 0 heterocycles. The second-order valence-corrected chi connectivity index (χ2v) is 7.60. The zero-order valence-electron chi connectivity index (χ0n) is 11.8. The van der Waals surface area contributed by atoms with Gasteiger partial charge in [-0.15, -0.1) is 0 Å². The molecular weight excluding hydrogens is 316 g/mol. The number of halogens is 3. The van der Waals surface area contributed by atoms with Crippen molar-refractivity contribution in [2.45, 2.75) is 50.4 Å². The fourth-order valence-electron chi connectivity index (χ4n) is 2.86. The maximum Gasteiger partial charge on any atom is 0.142 e. The highest BCUT2D eigenvalue weighted by molar-refractivity contribution is 7.99. The minimum Gasteiger partial charge on any atom is -0.307 e. The van der Waals surface area contributed by atoms with E-state index in [2.05, 4.69) is 12.2 Å². The van der Waals surface area contributed by atoms with Crippen LogP contribution in [0.4, 0.5) is 4.39 Å². The number of hydrogen-bond donors (Lipinski definition) is 1. The van der Waals surface area contributed by atoms with E-state index in [1.165, 1.54) is 12.5 Å². The summed E-state index contributed by atoms with van der Waals surface area (Å²) in [6.45, 7) is 4.19. The Morgan fingerprint density at radius 2 is 2.15 bits per heavy atom. The van der Waals surface area contributed by atoms with E-state index in [-0.39, 0.29) is 11.1 Å². The van der Waals surface area contributed by atoms with Crippen LogP contribution in [0.25, 0.3) is 0 Å². The summed E-state index contributed by atoms with van der Waals surface area (Å²) in [5, 5.41) is 4.94. The third kappa shape index (κ3) is 3.82. The Morgan fingerprint density at radius 3 is 2.85 bits per heavy atom. The molecule has 112 valence electrons. The predicted octanol–water partition coefficient (Wildman–Crippen LogP) is 5.46. The first kappa shape index (κ1) is 16.4. The Kier molecular flexibility index (Phi) is 6.03. The Labute approximate surface area is 134 Å². The molecule has 20 heavy (non-hydrogen) atoms. The summed E-state index contributed by atoms with van der Waals surface area (Å²) in [6.07, 6.45) is 3.56. The standard InChI is InChI=1S/C15H20Cl2FNS/c1-3-20-11-5-4-10(8-11)19-9(2)14-12(16)6-7-13(18)15(14)17/h6-7,9-11,19H,3-5,8H2,1-2H3. The van der Waals surface area contributed by atoms with Gasteiger partial charge in [0.2, 0.25) is 0 Å². The van der Waals surface area contributed by atoms with Crippen molar-refractivity contribution in [1.82, 2.24) is 5.32 Å². The molecular formula is C15H20Cl2FNS. The van der Waals surface area contributed by atoms with Gasteiger partial charge < -0.3 is 5.32 Å². The summed E-state index contributed by atoms with van der Waals surface area (Å²) in [4.78, 5) is 0. The first-order valence-electron chi connectivity index (χ1n) is 7.04. The van der Waals surface area contributed by atoms with Crippen LogP contribution in [0.2, 0.25) is 10.0 Å². The normalized spacial score (nSPS) is 24.1. The number of rotatable bonds is 5. The number of benzene rings is 1. The summed E-state index contributed by atoms with van der Waals surface area (Å²) in [5.41, 5.74) is 0.667. The van der Waals surface area contributed by atoms with E-state index in [1.54, 1.807) is 6.07 Å². The summed E-state index contributed by atoms with van der Waals surface area (Å²) in [5.74, 6) is 0.750. The minimum absolute atomic E-state index is 0.0407. The van der Waals surface area contributed by atoms with Crippen LogP contribution in [0.15, 0.2) is 12.1 Å². The van der Waals surface area contributed by atoms with Gasteiger partial charge in [-0.1, -0.05) is 30.1 Å². The van der Waals surface area contributed by atoms with E-state index >= 15 is 0 Å². The summed E-state index contributed by atoms with van der Waals surface area (Å²) < 4.78 is 13.6. The molecule has 0 bridgehead atoms. The van der Waals surface area contributed by atoms with Gasteiger partial charge in [0.05, 0.1) is 5.02 Å². The average Bonchev–Trinajstić information content (AvgIpc) is 2.82. The first-order chi connectivity index (χ1) is 9.52. The van der Waals surface area contributed by atoms with E-state index < -0.39 is 5.82 Å². The molecule has 1 fully saturated rings. The lowest BCUT2D eigenvalue weighted by atomic mass is 10.1. The van der Waals surface area contributed by atoms with Crippen LogP contribution in [-0.4, -0.2) is 17.0 Å². The van der Waals surface area contributed by atoms with Gasteiger partial charge in [0.25, 0.3) is 0 Å². The van der Waals surface area contributed by atoms with Crippen LogP contribution in [0, 0.1) is 5.82 Å². The SMILES string of the molecule is CCSC1CCC(NC(C)c2c(Cl)ccc(F)c2Cl)C1. The topological polar surface area (TPSA) is 12.0 Å². The van der Waals surface area contributed by atoms with Crippen molar-refractivity contribution in [3.05, 3.63) is 33.6 Å². The molecule has 2 rings (SSSR count). The number of nitrogens with one attached hydrogen (secondary N) is 1. The molecule has 1 aliphatic carbocycles. The van der Waals surface area contributed by atoms with Crippen LogP contribution in [0.5, 0.6) is 0 Å². The van der Waals surface area contributed by atoms with E-state index in [1.807, 2.05) is 18.7 Å². The maximum atomic E-state index is 13.6. The van der Waals surface area contributed by atoms with Crippen molar-refractivity contribution >= 4 is 35.0 Å². The van der Waals surface area contributed by atoms with E-state index in [0.29, 0.717) is 16.6 Å². The maximum absolute atomic E-state index is 13.6. The van der Waals surface area contributed by atoms with Gasteiger partial charge >= 0.3 is 0 Å². The van der Waals surface area contributed by atoms with Crippen LogP contribution < -0.4 is 5.32 Å². The predicted molar refractivity (Wildman–Crippen MR) is 87.5 cm³/mol. The molecule has 1 saturated carbocycles. The molecule has 1 N–H and O–H groups in total. The molecule has 0 saturated heterocycles. The highest BCUT2D eigenvalue weighted by Crippen LogP contribution is 2.35. The number of thioether (sulfide) groups is 1. The van der Waals surface area contributed by atoms with Crippen molar-refractivity contribution in [2.75, 3.05) is 5.75 Å². The molecule has 0 amide bonds. The molecule has 0 spiro atoms. The van der Waals surface area contributed by atoms with Gasteiger partial charge in [-0.3, -0.25) is 0 Å². The van der Waals surface area contributed by atoms with Gasteiger partial charge in [0.1, 0.15) is 5.82 Å². The van der Waals surface area contributed by atoms with Crippen molar-refractivity contribution < 1.29 is 4.39 Å². The Hall–Kier alpha value is 0.0400. The third-order valence-electron chi connectivity index (χ3n) is 3.79. The Balaban J connectivity index is 2.03. The highest BCUT2D eigenvalue weighted by Gasteiger charge is 2.27. The monoisotopic (exact) mass is 335 g/mol. The van der Waals surface area contributed by atoms with Crippen molar-refractivity contribution in [3.63, 3.8) is 0 Å². The lowest BCUT2D eigenvalue weighted by molar-refractivity contribution is 0.460. The lowest BCUT2D eigenvalue weighted by Gasteiger charge is -2.22. The molecule has 0 aromatic heterocycles. The molecule has 0 radical (unpaired) electrons. The Bertz CT molecular complexity index is 469. The van der Waals surface area contributed by atoms with Crippen molar-refractivity contribution in [1.29, 1.82) is 0 Å². The number of hydrogen-bond acceptors (Lipinski definition) is 2. The van der Waals surface area contributed by atoms with Gasteiger partial charge in [0.15, 0.2) is 0 Å². The summed E-state index contributed by atoms with van der Waals surface area (Å²) in [7, 11) is 0. The zero-order valence-corrected chi connectivity index (χ0v) is 14.1. The minimum atomic E-state index is -0.412. The molecule has 1 aliphatic rings. The molecule has 3 atom stereocenters. The summed E-state index contributed by atoms with van der Waals surface area (Å²) >= 11 is 14.2. The summed E-state index contributed by atoms with van der Waals surface area (Å²) in [6, 6.07) is 3.30. The Morgan fingerprint density at radius 1 is 1.40 bits per heavy atom. The molecule has 1 nitrogen and oxygen atoms in total. The van der Waals surface area contributed by atoms with Gasteiger partial charge in [-0.05, 0) is 44.1 Å². The van der Waals surface area contributed by atoms with Crippen molar-refractivity contribution in [2.24, 2.45) is 0 Å². The molecule has 0 aliphatic heterocycles. The van der Waals surface area contributed by atoms with Crippen LogP contribution in [0.3, 0.4) is 0 Å². The second kappa shape index (κ2) is 7.35. The van der Waals surface area contributed by atoms with Gasteiger partial charge in [0, 0.05) is 27.9 Å². The second-order valence-electron chi connectivity index (χ2n) is 5.23. The van der Waals surface area contributed by atoms with E-state index in [0.717, 1.165) is 23.8 Å². The van der Waals surface area contributed by atoms with Crippen molar-refractivity contribution in [3.8, 4) is 0 Å². The fraction of sp³-hybridized carbons (Fsp3) is 0.600. The highest BCUT2D eigenvalue weighted by atomic mass is 35.5. The molecule has 1 aromatic carbocycles. The zero-order chi connectivity index (χ0) is 14.7. The first-order valence-corrected chi connectivity index (χ1v) is 8.84. The van der Waals surface area contributed by atoms with Gasteiger partial charge in [-0.2, -0.15) is 11.8 Å². The molecule has 1 aromatic rings. The molecule has 5 heteroatoms. The van der Waals surface area contributed by atoms with E-state index in [9.17, 15) is 4.39 Å². The quantitative estimate of drug-likeness (QED) is 0.717. The largest absolute Gasteiger partial charge is 0.307 e. The van der Waals surface area contributed by atoms with E-state index in [4.69, 9.17) is 23.2 Å². The smallest absolute Gasteiger partial charge is 0.142 e. The lowest BCUT2D eigenvalue weighted by Crippen LogP contribution is -2.30. The van der Waals surface area contributed by atoms with Crippen LogP contribution in [0.1, 0.15) is 44.7 Å². The third-order valence-corrected chi connectivity index (χ3v) is 5.73.